The minimum atomic E-state index is -1.06. The van der Waals surface area contributed by atoms with E-state index in [0.29, 0.717) is 20.6 Å². The fourth-order valence-electron chi connectivity index (χ4n) is 2.06. The average molecular weight is 435 g/mol. The Hall–Kier alpha value is -2.53. The van der Waals surface area contributed by atoms with Crippen molar-refractivity contribution in [2.45, 2.75) is 0 Å². The van der Waals surface area contributed by atoms with Gasteiger partial charge in [0.15, 0.2) is 18.1 Å². The lowest BCUT2D eigenvalue weighted by Crippen LogP contribution is -2.11. The van der Waals surface area contributed by atoms with Gasteiger partial charge in [-0.3, -0.25) is 0 Å². The summed E-state index contributed by atoms with van der Waals surface area (Å²) < 4.78 is 11.3. The summed E-state index contributed by atoms with van der Waals surface area (Å²) in [5.41, 5.74) is 2.10. The lowest BCUT2D eigenvalue weighted by molar-refractivity contribution is -0.139. The van der Waals surface area contributed by atoms with Crippen molar-refractivity contribution < 1.29 is 19.4 Å². The zero-order valence-electron chi connectivity index (χ0n) is 12.8. The first kappa shape index (κ1) is 17.8. The second-order valence-corrected chi connectivity index (χ2v) is 5.91. The third kappa shape index (κ3) is 4.49. The van der Waals surface area contributed by atoms with E-state index >= 15 is 0 Å². The molecule has 0 fully saturated rings. The van der Waals surface area contributed by atoms with Gasteiger partial charge in [0.25, 0.3) is 0 Å². The number of allylic oxidation sites excluding steroid dienone is 1. The van der Waals surface area contributed by atoms with Gasteiger partial charge in [-0.25, -0.2) is 4.79 Å². The van der Waals surface area contributed by atoms with Crippen molar-refractivity contribution >= 4 is 40.2 Å². The number of carboxylic acid groups (broad SMARTS) is 1. The topological polar surface area (TPSA) is 79.5 Å². The summed E-state index contributed by atoms with van der Waals surface area (Å²) in [5, 5.41) is 18.1. The number of ether oxygens (including phenoxy) is 2. The minimum Gasteiger partial charge on any atom is -0.493 e. The molecule has 0 saturated carbocycles. The van der Waals surface area contributed by atoms with Crippen molar-refractivity contribution in [3.8, 4) is 17.6 Å². The van der Waals surface area contributed by atoms with Gasteiger partial charge in [-0.15, -0.1) is 0 Å². The van der Waals surface area contributed by atoms with Crippen LogP contribution in [0.1, 0.15) is 11.1 Å². The van der Waals surface area contributed by atoms with E-state index < -0.39 is 12.6 Å². The largest absolute Gasteiger partial charge is 0.493 e. The number of hydrogen-bond acceptors (Lipinski definition) is 4. The molecule has 0 spiro atoms. The van der Waals surface area contributed by atoms with Crippen LogP contribution in [0, 0.1) is 14.9 Å². The highest BCUT2D eigenvalue weighted by Crippen LogP contribution is 2.35. The predicted octanol–water partition coefficient (Wildman–Crippen LogP) is 3.83. The normalized spacial score (nSPS) is 10.8. The van der Waals surface area contributed by atoms with Crippen LogP contribution in [-0.4, -0.2) is 24.8 Å². The van der Waals surface area contributed by atoms with Gasteiger partial charge < -0.3 is 14.6 Å². The van der Waals surface area contributed by atoms with Crippen molar-refractivity contribution in [1.82, 2.24) is 0 Å². The summed E-state index contributed by atoms with van der Waals surface area (Å²) in [6, 6.07) is 15.1. The van der Waals surface area contributed by atoms with Crippen LogP contribution in [0.25, 0.3) is 11.6 Å². The number of nitriles is 1. The molecule has 24 heavy (non-hydrogen) atoms. The maximum Gasteiger partial charge on any atom is 0.341 e. The van der Waals surface area contributed by atoms with E-state index in [-0.39, 0.29) is 0 Å². The number of methoxy groups -OCH3 is 1. The molecule has 2 aromatic rings. The highest BCUT2D eigenvalue weighted by molar-refractivity contribution is 14.1. The zero-order valence-corrected chi connectivity index (χ0v) is 15.0. The van der Waals surface area contributed by atoms with Crippen molar-refractivity contribution in [1.29, 1.82) is 5.26 Å². The molecule has 1 N–H and O–H groups in total. The van der Waals surface area contributed by atoms with Gasteiger partial charge in [-0.05, 0) is 51.9 Å². The van der Waals surface area contributed by atoms with E-state index in [1.807, 2.05) is 52.9 Å². The molecular weight excluding hydrogens is 421 g/mol. The molecular formula is C18H14INO4. The first-order chi connectivity index (χ1) is 11.5. The van der Waals surface area contributed by atoms with Crippen molar-refractivity contribution in [3.63, 3.8) is 0 Å². The minimum absolute atomic E-state index is 0.371. The van der Waals surface area contributed by atoms with Crippen LogP contribution in [0.5, 0.6) is 11.5 Å². The molecule has 6 heteroatoms. The second-order valence-electron chi connectivity index (χ2n) is 4.75. The maximum atomic E-state index is 10.7. The molecule has 0 aliphatic carbocycles. The quantitative estimate of drug-likeness (QED) is 0.424. The van der Waals surface area contributed by atoms with Crippen molar-refractivity contribution in [3.05, 3.63) is 57.2 Å². The van der Waals surface area contributed by atoms with Crippen LogP contribution < -0.4 is 9.47 Å². The summed E-state index contributed by atoms with van der Waals surface area (Å²) in [5.74, 6) is -0.275. The molecule has 0 heterocycles. The Morgan fingerprint density at radius 2 is 2.04 bits per heavy atom. The van der Waals surface area contributed by atoms with E-state index in [9.17, 15) is 10.1 Å². The van der Waals surface area contributed by atoms with E-state index in [2.05, 4.69) is 6.07 Å². The molecule has 0 amide bonds. The third-order valence-electron chi connectivity index (χ3n) is 3.11. The molecule has 2 rings (SSSR count). The number of rotatable bonds is 6. The molecule has 0 bridgehead atoms. The lowest BCUT2D eigenvalue weighted by Gasteiger charge is -2.12. The molecule has 2 aromatic carbocycles. The molecule has 0 aliphatic heterocycles. The Bertz CT molecular complexity index is 810. The fraction of sp³-hybridized carbons (Fsp3) is 0.111. The molecule has 0 unspecified atom stereocenters. The maximum absolute atomic E-state index is 10.7. The number of carboxylic acids is 1. The molecule has 0 saturated heterocycles. The fourth-order valence-corrected chi connectivity index (χ4v) is 2.84. The van der Waals surface area contributed by atoms with Gasteiger partial charge >= 0.3 is 5.97 Å². The first-order valence-corrected chi connectivity index (χ1v) is 8.02. The Morgan fingerprint density at radius 3 is 2.62 bits per heavy atom. The highest BCUT2D eigenvalue weighted by Gasteiger charge is 2.13. The monoisotopic (exact) mass is 435 g/mol. The average Bonchev–Trinajstić information content (AvgIpc) is 2.58. The van der Waals surface area contributed by atoms with E-state index in [4.69, 9.17) is 14.6 Å². The number of halogens is 1. The molecule has 0 aromatic heterocycles. The van der Waals surface area contributed by atoms with Gasteiger partial charge in [0.1, 0.15) is 0 Å². The summed E-state index contributed by atoms with van der Waals surface area (Å²) in [6.45, 7) is -0.449. The van der Waals surface area contributed by atoms with E-state index in [1.165, 1.54) is 7.11 Å². The van der Waals surface area contributed by atoms with Gasteiger partial charge in [0.05, 0.1) is 22.3 Å². The number of carbonyl (C=O) groups is 1. The number of nitrogens with zero attached hydrogens (tertiary/aromatic N) is 1. The molecule has 0 atom stereocenters. The van der Waals surface area contributed by atoms with Crippen molar-refractivity contribution in [2.24, 2.45) is 0 Å². The SMILES string of the molecule is COc1cc(C=C(C#N)c2ccccc2)cc(I)c1OCC(=O)O. The van der Waals surface area contributed by atoms with E-state index in [0.717, 1.165) is 11.1 Å². The van der Waals surface area contributed by atoms with Crippen LogP contribution in [-0.2, 0) is 4.79 Å². The molecule has 122 valence electrons. The zero-order chi connectivity index (χ0) is 17.5. The predicted molar refractivity (Wildman–Crippen MR) is 98.8 cm³/mol. The van der Waals surface area contributed by atoms with Crippen LogP contribution >= 0.6 is 22.6 Å². The summed E-state index contributed by atoms with van der Waals surface area (Å²) in [4.78, 5) is 10.7. The van der Waals surface area contributed by atoms with Crippen LogP contribution in [0.15, 0.2) is 42.5 Å². The second kappa shape index (κ2) is 8.36. The van der Waals surface area contributed by atoms with Crippen LogP contribution in [0.4, 0.5) is 0 Å². The van der Waals surface area contributed by atoms with Crippen molar-refractivity contribution in [2.75, 3.05) is 13.7 Å². The number of aliphatic carboxylic acids is 1. The Balaban J connectivity index is 2.41. The van der Waals surface area contributed by atoms with Gasteiger partial charge in [0, 0.05) is 0 Å². The lowest BCUT2D eigenvalue weighted by atomic mass is 10.0. The van der Waals surface area contributed by atoms with Gasteiger partial charge in [-0.1, -0.05) is 30.3 Å². The Morgan fingerprint density at radius 1 is 1.33 bits per heavy atom. The van der Waals surface area contributed by atoms with Gasteiger partial charge in [0.2, 0.25) is 0 Å². The number of benzene rings is 2. The van der Waals surface area contributed by atoms with Crippen LogP contribution in [0.3, 0.4) is 0 Å². The summed E-state index contributed by atoms with van der Waals surface area (Å²) in [7, 11) is 1.48. The number of hydrogen-bond donors (Lipinski definition) is 1. The third-order valence-corrected chi connectivity index (χ3v) is 3.91. The molecule has 0 aliphatic rings. The van der Waals surface area contributed by atoms with Crippen LogP contribution in [0.2, 0.25) is 0 Å². The first-order valence-electron chi connectivity index (χ1n) is 6.94. The van der Waals surface area contributed by atoms with E-state index in [1.54, 1.807) is 18.2 Å². The summed E-state index contributed by atoms with van der Waals surface area (Å²) in [6.07, 6.45) is 1.75. The van der Waals surface area contributed by atoms with Gasteiger partial charge in [-0.2, -0.15) is 5.26 Å². The summed E-state index contributed by atoms with van der Waals surface area (Å²) >= 11 is 2.05. The smallest absolute Gasteiger partial charge is 0.341 e. The molecule has 5 nitrogen and oxygen atoms in total. The molecule has 0 radical (unpaired) electrons. The standard InChI is InChI=1S/C18H14INO4/c1-23-16-9-12(8-15(19)18(16)24-11-17(21)22)7-14(10-20)13-5-3-2-4-6-13/h2-9H,11H2,1H3,(H,21,22). The Labute approximate surface area is 153 Å². The Kier molecular flexibility index (Phi) is 6.21. The highest BCUT2D eigenvalue weighted by atomic mass is 127.